The Hall–Kier alpha value is -1.30. The summed E-state index contributed by atoms with van der Waals surface area (Å²) in [5.74, 6) is 0.788. The first-order chi connectivity index (χ1) is 12.8. The lowest BCUT2D eigenvalue weighted by atomic mass is 9.67. The fraction of sp³-hybridized carbons (Fsp3) is 0.905. The van der Waals surface area contributed by atoms with Gasteiger partial charge >= 0.3 is 5.97 Å². The SMILES string of the molecule is CN=C(NCCCCCCC(=O)OC(C)(C)C)NCC1(CCOC)CCC1. The molecule has 0 atom stereocenters. The van der Waals surface area contributed by atoms with E-state index in [0.717, 1.165) is 57.8 Å². The summed E-state index contributed by atoms with van der Waals surface area (Å²) in [7, 11) is 3.59. The van der Waals surface area contributed by atoms with Gasteiger partial charge in [-0.2, -0.15) is 0 Å². The van der Waals surface area contributed by atoms with Crippen molar-refractivity contribution in [3.8, 4) is 0 Å². The van der Waals surface area contributed by atoms with Crippen molar-refractivity contribution in [3.63, 3.8) is 0 Å². The van der Waals surface area contributed by atoms with Crippen LogP contribution in [0.25, 0.3) is 0 Å². The van der Waals surface area contributed by atoms with E-state index in [0.29, 0.717) is 11.8 Å². The van der Waals surface area contributed by atoms with Crippen molar-refractivity contribution in [2.45, 2.75) is 84.2 Å². The molecule has 0 radical (unpaired) electrons. The second-order valence-corrected chi connectivity index (χ2v) is 8.70. The first-order valence-electron chi connectivity index (χ1n) is 10.5. The van der Waals surface area contributed by atoms with Crippen molar-refractivity contribution in [1.29, 1.82) is 0 Å². The molecule has 0 bridgehead atoms. The minimum Gasteiger partial charge on any atom is -0.460 e. The first kappa shape index (κ1) is 23.7. The fourth-order valence-corrected chi connectivity index (χ4v) is 3.35. The second-order valence-electron chi connectivity index (χ2n) is 8.70. The van der Waals surface area contributed by atoms with E-state index in [1.165, 1.54) is 19.3 Å². The van der Waals surface area contributed by atoms with Gasteiger partial charge in [-0.3, -0.25) is 9.79 Å². The summed E-state index contributed by atoms with van der Waals surface area (Å²) < 4.78 is 10.6. The van der Waals surface area contributed by atoms with Crippen molar-refractivity contribution in [1.82, 2.24) is 10.6 Å². The van der Waals surface area contributed by atoms with E-state index in [4.69, 9.17) is 9.47 Å². The molecule has 0 amide bonds. The highest BCUT2D eigenvalue weighted by molar-refractivity contribution is 5.79. The number of carbonyl (C=O) groups excluding carboxylic acids is 1. The molecule has 1 aliphatic rings. The van der Waals surface area contributed by atoms with E-state index in [9.17, 15) is 4.79 Å². The third kappa shape index (κ3) is 10.6. The average Bonchev–Trinajstić information content (AvgIpc) is 2.56. The number of unbranched alkanes of at least 4 members (excludes halogenated alkanes) is 3. The van der Waals surface area contributed by atoms with Gasteiger partial charge in [0.05, 0.1) is 0 Å². The Morgan fingerprint density at radius 1 is 1.11 bits per heavy atom. The van der Waals surface area contributed by atoms with E-state index in [1.807, 2.05) is 27.8 Å². The molecule has 27 heavy (non-hydrogen) atoms. The van der Waals surface area contributed by atoms with Gasteiger partial charge in [0.1, 0.15) is 5.60 Å². The number of esters is 1. The highest BCUT2D eigenvalue weighted by Gasteiger charge is 2.36. The lowest BCUT2D eigenvalue weighted by Crippen LogP contribution is -2.47. The van der Waals surface area contributed by atoms with Crippen molar-refractivity contribution >= 4 is 11.9 Å². The molecule has 2 N–H and O–H groups in total. The molecular weight excluding hydrogens is 342 g/mol. The number of carbonyl (C=O) groups is 1. The van der Waals surface area contributed by atoms with E-state index in [1.54, 1.807) is 7.11 Å². The quantitative estimate of drug-likeness (QED) is 0.233. The predicted molar refractivity (Wildman–Crippen MR) is 111 cm³/mol. The summed E-state index contributed by atoms with van der Waals surface area (Å²) in [6.45, 7) is 8.41. The number of hydrogen-bond acceptors (Lipinski definition) is 4. The number of hydrogen-bond donors (Lipinski definition) is 2. The first-order valence-corrected chi connectivity index (χ1v) is 10.5. The van der Waals surface area contributed by atoms with Crippen LogP contribution in [-0.4, -0.2) is 51.4 Å². The van der Waals surface area contributed by atoms with Gasteiger partial charge in [0, 0.05) is 40.3 Å². The molecule has 0 aromatic carbocycles. The van der Waals surface area contributed by atoms with Crippen LogP contribution in [0, 0.1) is 5.41 Å². The van der Waals surface area contributed by atoms with E-state index in [-0.39, 0.29) is 11.6 Å². The van der Waals surface area contributed by atoms with Gasteiger partial charge in [-0.25, -0.2) is 0 Å². The Kier molecular flexibility index (Phi) is 10.7. The molecule has 0 aliphatic heterocycles. The number of guanidine groups is 1. The summed E-state index contributed by atoms with van der Waals surface area (Å²) in [6, 6.07) is 0. The van der Waals surface area contributed by atoms with Crippen LogP contribution in [0.1, 0.15) is 78.6 Å². The van der Waals surface area contributed by atoms with Crippen molar-refractivity contribution in [2.75, 3.05) is 33.9 Å². The largest absolute Gasteiger partial charge is 0.460 e. The highest BCUT2D eigenvalue weighted by Crippen LogP contribution is 2.43. The predicted octanol–water partition coefficient (Wildman–Crippen LogP) is 3.65. The molecule has 1 fully saturated rings. The summed E-state index contributed by atoms with van der Waals surface area (Å²) in [5.41, 5.74) is 0.000803. The molecule has 1 aliphatic carbocycles. The molecule has 0 spiro atoms. The fourth-order valence-electron chi connectivity index (χ4n) is 3.35. The van der Waals surface area contributed by atoms with Crippen LogP contribution in [0.3, 0.4) is 0 Å². The third-order valence-electron chi connectivity index (χ3n) is 5.13. The summed E-state index contributed by atoms with van der Waals surface area (Å²) in [5, 5.41) is 6.87. The maximum Gasteiger partial charge on any atom is 0.306 e. The number of ether oxygens (including phenoxy) is 2. The Morgan fingerprint density at radius 3 is 2.37 bits per heavy atom. The molecule has 0 aromatic heterocycles. The molecule has 0 unspecified atom stereocenters. The van der Waals surface area contributed by atoms with Gasteiger partial charge < -0.3 is 20.1 Å². The zero-order chi connectivity index (χ0) is 20.2. The van der Waals surface area contributed by atoms with E-state index < -0.39 is 0 Å². The van der Waals surface area contributed by atoms with Crippen LogP contribution in [0.15, 0.2) is 4.99 Å². The topological polar surface area (TPSA) is 72.0 Å². The van der Waals surface area contributed by atoms with Crippen LogP contribution < -0.4 is 10.6 Å². The molecule has 158 valence electrons. The number of nitrogens with zero attached hydrogens (tertiary/aromatic N) is 1. The lowest BCUT2D eigenvalue weighted by Gasteiger charge is -2.42. The van der Waals surface area contributed by atoms with Gasteiger partial charge in [-0.05, 0) is 58.3 Å². The zero-order valence-corrected chi connectivity index (χ0v) is 18.2. The maximum atomic E-state index is 11.7. The summed E-state index contributed by atoms with van der Waals surface area (Å²) in [4.78, 5) is 16.0. The number of methoxy groups -OCH3 is 1. The average molecular weight is 384 g/mol. The van der Waals surface area contributed by atoms with E-state index >= 15 is 0 Å². The molecule has 1 rings (SSSR count). The van der Waals surface area contributed by atoms with Crippen LogP contribution in [-0.2, 0) is 14.3 Å². The lowest BCUT2D eigenvalue weighted by molar-refractivity contribution is -0.154. The Morgan fingerprint density at radius 2 is 1.81 bits per heavy atom. The van der Waals surface area contributed by atoms with Crippen molar-refractivity contribution in [2.24, 2.45) is 10.4 Å². The van der Waals surface area contributed by atoms with Crippen molar-refractivity contribution < 1.29 is 14.3 Å². The van der Waals surface area contributed by atoms with Gasteiger partial charge in [0.25, 0.3) is 0 Å². The second kappa shape index (κ2) is 12.2. The zero-order valence-electron chi connectivity index (χ0n) is 18.2. The van der Waals surface area contributed by atoms with Gasteiger partial charge in [-0.1, -0.05) is 19.3 Å². The normalized spacial score (nSPS) is 16.6. The van der Waals surface area contributed by atoms with Crippen LogP contribution in [0.5, 0.6) is 0 Å². The summed E-state index contributed by atoms with van der Waals surface area (Å²) >= 11 is 0. The van der Waals surface area contributed by atoms with Gasteiger partial charge in [-0.15, -0.1) is 0 Å². The van der Waals surface area contributed by atoms with Crippen LogP contribution in [0.2, 0.25) is 0 Å². The minimum atomic E-state index is -0.383. The van der Waals surface area contributed by atoms with Crippen LogP contribution >= 0.6 is 0 Å². The molecule has 6 heteroatoms. The minimum absolute atomic E-state index is 0.0939. The molecule has 1 saturated carbocycles. The molecular formula is C21H41N3O3. The number of aliphatic imine (C=N–C) groups is 1. The third-order valence-corrected chi connectivity index (χ3v) is 5.13. The summed E-state index contributed by atoms with van der Waals surface area (Å²) in [6.07, 6.45) is 9.62. The standard InChI is InChI=1S/C21H41N3O3/c1-20(2,3)27-18(25)11-8-6-7-9-15-23-19(22-4)24-17-21(12-10-13-21)14-16-26-5/h6-17H2,1-5H3,(H2,22,23,24). The smallest absolute Gasteiger partial charge is 0.306 e. The molecule has 0 aromatic rings. The highest BCUT2D eigenvalue weighted by atomic mass is 16.6. The monoisotopic (exact) mass is 383 g/mol. The molecule has 0 saturated heterocycles. The Bertz CT molecular complexity index is 454. The number of rotatable bonds is 12. The van der Waals surface area contributed by atoms with Gasteiger partial charge in [0.15, 0.2) is 5.96 Å². The molecule has 0 heterocycles. The number of nitrogens with one attached hydrogen (secondary N) is 2. The van der Waals surface area contributed by atoms with E-state index in [2.05, 4.69) is 15.6 Å². The maximum absolute atomic E-state index is 11.7. The van der Waals surface area contributed by atoms with Crippen molar-refractivity contribution in [3.05, 3.63) is 0 Å². The molecule has 6 nitrogen and oxygen atoms in total. The Labute approximate surface area is 165 Å². The van der Waals surface area contributed by atoms with Gasteiger partial charge in [0.2, 0.25) is 0 Å². The van der Waals surface area contributed by atoms with Crippen LogP contribution in [0.4, 0.5) is 0 Å². The Balaban J connectivity index is 2.08.